The molecule has 0 spiro atoms. The molecular weight excluding hydrogens is 407 g/mol. The maximum Gasteiger partial charge on any atom is 0.413 e. The molecule has 0 saturated heterocycles. The van der Waals surface area contributed by atoms with E-state index in [2.05, 4.69) is 30.1 Å². The molecule has 2 rings (SSSR count). The second-order valence-electron chi connectivity index (χ2n) is 5.78. The van der Waals surface area contributed by atoms with Crippen LogP contribution in [-0.2, 0) is 22.3 Å². The summed E-state index contributed by atoms with van der Waals surface area (Å²) in [7, 11) is 2.48. The molecule has 0 atom stereocenters. The summed E-state index contributed by atoms with van der Waals surface area (Å²) in [4.78, 5) is 31.5. The number of aryl methyl sites for hydroxylation is 2. The van der Waals surface area contributed by atoms with E-state index in [1.54, 1.807) is 19.1 Å². The van der Waals surface area contributed by atoms with Crippen LogP contribution in [0.3, 0.4) is 0 Å². The lowest BCUT2D eigenvalue weighted by Gasteiger charge is -2.14. The Hall–Kier alpha value is -2.58. The molecule has 0 radical (unpaired) electrons. The largest absolute Gasteiger partial charge is 0.453 e. The number of methoxy groups -OCH3 is 2. The van der Waals surface area contributed by atoms with Crippen LogP contribution in [0.1, 0.15) is 23.2 Å². The highest BCUT2D eigenvalue weighted by Gasteiger charge is 2.16. The highest BCUT2D eigenvalue weighted by molar-refractivity contribution is 6.35. The lowest BCUT2D eigenvalue weighted by Crippen LogP contribution is -2.19. The standard InChI is InChI=1S/C18H20Cl2N4O4/c1-10-13(6-4-5-11-7-8-12(19)9-14(11)20)15(23-17(25)27-2)22-16(21-10)24-18(26)28-3/h7-9H,4-6H2,1-3H3,(H2,21,22,23,24,25,26). The number of rotatable bonds is 6. The topological polar surface area (TPSA) is 102 Å². The van der Waals surface area contributed by atoms with Gasteiger partial charge in [0.2, 0.25) is 5.95 Å². The van der Waals surface area contributed by atoms with Gasteiger partial charge in [-0.05, 0) is 43.9 Å². The Morgan fingerprint density at radius 3 is 2.36 bits per heavy atom. The number of benzene rings is 1. The van der Waals surface area contributed by atoms with Gasteiger partial charge >= 0.3 is 12.2 Å². The molecule has 2 N–H and O–H groups in total. The zero-order valence-electron chi connectivity index (χ0n) is 15.6. The number of aromatic nitrogens is 2. The van der Waals surface area contributed by atoms with E-state index in [1.165, 1.54) is 14.2 Å². The van der Waals surface area contributed by atoms with Crippen molar-refractivity contribution in [3.63, 3.8) is 0 Å². The SMILES string of the molecule is COC(=O)Nc1nc(C)c(CCCc2ccc(Cl)cc2Cl)c(NC(=O)OC)n1. The third-order valence-electron chi connectivity index (χ3n) is 3.91. The van der Waals surface area contributed by atoms with Crippen molar-refractivity contribution in [1.29, 1.82) is 0 Å². The Kier molecular flexibility index (Phi) is 7.83. The number of halogens is 2. The summed E-state index contributed by atoms with van der Waals surface area (Å²) in [6.07, 6.45) is 0.612. The maximum absolute atomic E-state index is 11.7. The Morgan fingerprint density at radius 2 is 1.71 bits per heavy atom. The fraction of sp³-hybridized carbons (Fsp3) is 0.333. The Morgan fingerprint density at radius 1 is 1.04 bits per heavy atom. The summed E-state index contributed by atoms with van der Waals surface area (Å²) >= 11 is 12.1. The average molecular weight is 427 g/mol. The minimum absolute atomic E-state index is 0.0141. The molecule has 0 aliphatic carbocycles. The fourth-order valence-electron chi connectivity index (χ4n) is 2.52. The third-order valence-corrected chi connectivity index (χ3v) is 4.49. The van der Waals surface area contributed by atoms with Gasteiger partial charge in [0.25, 0.3) is 0 Å². The summed E-state index contributed by atoms with van der Waals surface area (Å²) in [6.45, 7) is 1.76. The summed E-state index contributed by atoms with van der Waals surface area (Å²) in [5, 5.41) is 6.12. The average Bonchev–Trinajstić information content (AvgIpc) is 2.65. The summed E-state index contributed by atoms with van der Waals surface area (Å²) in [5.74, 6) is 0.271. The molecule has 0 aliphatic rings. The van der Waals surface area contributed by atoms with E-state index in [0.717, 1.165) is 17.5 Å². The molecule has 0 fully saturated rings. The van der Waals surface area contributed by atoms with Crippen molar-refractivity contribution in [3.8, 4) is 0 Å². The molecule has 1 aromatic heterocycles. The Bertz CT molecular complexity index is 877. The van der Waals surface area contributed by atoms with Crippen LogP contribution < -0.4 is 10.6 Å². The molecule has 0 aliphatic heterocycles. The van der Waals surface area contributed by atoms with Gasteiger partial charge in [-0.1, -0.05) is 29.3 Å². The molecule has 150 valence electrons. The molecule has 1 aromatic carbocycles. The van der Waals surface area contributed by atoms with Gasteiger partial charge in [0.05, 0.1) is 14.2 Å². The number of ether oxygens (including phenoxy) is 2. The van der Waals surface area contributed by atoms with E-state index in [9.17, 15) is 9.59 Å². The van der Waals surface area contributed by atoms with E-state index in [1.807, 2.05) is 6.07 Å². The van der Waals surface area contributed by atoms with Crippen LogP contribution in [0.4, 0.5) is 21.4 Å². The smallest absolute Gasteiger partial charge is 0.413 e. The van der Waals surface area contributed by atoms with Crippen LogP contribution >= 0.6 is 23.2 Å². The monoisotopic (exact) mass is 426 g/mol. The zero-order chi connectivity index (χ0) is 20.7. The van der Waals surface area contributed by atoms with E-state index in [-0.39, 0.29) is 11.8 Å². The number of carbonyl (C=O) groups is 2. The third kappa shape index (κ3) is 5.97. The van der Waals surface area contributed by atoms with E-state index in [4.69, 9.17) is 23.2 Å². The molecule has 2 aromatic rings. The quantitative estimate of drug-likeness (QED) is 0.697. The van der Waals surface area contributed by atoms with Gasteiger partial charge in [-0.25, -0.2) is 14.6 Å². The van der Waals surface area contributed by atoms with Crippen molar-refractivity contribution in [3.05, 3.63) is 45.1 Å². The number of nitrogens with zero attached hydrogens (tertiary/aromatic N) is 2. The van der Waals surface area contributed by atoms with Gasteiger partial charge in [-0.2, -0.15) is 4.98 Å². The molecule has 28 heavy (non-hydrogen) atoms. The minimum atomic E-state index is -0.714. The first-order chi connectivity index (χ1) is 13.3. The van der Waals surface area contributed by atoms with Crippen molar-refractivity contribution in [2.45, 2.75) is 26.2 Å². The fourth-order valence-corrected chi connectivity index (χ4v) is 3.03. The Balaban J connectivity index is 2.20. The lowest BCUT2D eigenvalue weighted by molar-refractivity contribution is 0.186. The van der Waals surface area contributed by atoms with Crippen LogP contribution in [0, 0.1) is 6.92 Å². The highest BCUT2D eigenvalue weighted by Crippen LogP contribution is 2.25. The van der Waals surface area contributed by atoms with Gasteiger partial charge in [0, 0.05) is 21.3 Å². The first-order valence-corrected chi connectivity index (χ1v) is 9.11. The number of amides is 2. The lowest BCUT2D eigenvalue weighted by atomic mass is 10.0. The molecule has 2 amide bonds. The van der Waals surface area contributed by atoms with E-state index < -0.39 is 12.2 Å². The number of carbonyl (C=O) groups excluding carboxylic acids is 2. The van der Waals surface area contributed by atoms with Crippen LogP contribution in [0.5, 0.6) is 0 Å². The van der Waals surface area contributed by atoms with E-state index in [0.29, 0.717) is 28.6 Å². The van der Waals surface area contributed by atoms with E-state index >= 15 is 0 Å². The van der Waals surface area contributed by atoms with Gasteiger partial charge < -0.3 is 9.47 Å². The van der Waals surface area contributed by atoms with Crippen LogP contribution in [0.15, 0.2) is 18.2 Å². The number of nitrogens with one attached hydrogen (secondary N) is 2. The number of hydrogen-bond acceptors (Lipinski definition) is 6. The molecule has 8 nitrogen and oxygen atoms in total. The number of hydrogen-bond donors (Lipinski definition) is 2. The number of anilines is 2. The molecule has 0 unspecified atom stereocenters. The van der Waals surface area contributed by atoms with Crippen molar-refractivity contribution in [1.82, 2.24) is 9.97 Å². The van der Waals surface area contributed by atoms with Crippen LogP contribution in [0.2, 0.25) is 10.0 Å². The predicted octanol–water partition coefficient (Wildman–Crippen LogP) is 4.62. The summed E-state index contributed by atoms with van der Waals surface area (Å²) in [6, 6.07) is 5.37. The van der Waals surface area contributed by atoms with Crippen molar-refractivity contribution >= 4 is 47.2 Å². The normalized spacial score (nSPS) is 10.3. The zero-order valence-corrected chi connectivity index (χ0v) is 17.1. The highest BCUT2D eigenvalue weighted by atomic mass is 35.5. The van der Waals surface area contributed by atoms with Gasteiger partial charge in [0.15, 0.2) is 0 Å². The summed E-state index contributed by atoms with van der Waals surface area (Å²) in [5.41, 5.74) is 2.30. The van der Waals surface area contributed by atoms with Crippen molar-refractivity contribution in [2.75, 3.05) is 24.9 Å². The Labute approximate surface area is 172 Å². The van der Waals surface area contributed by atoms with Crippen LogP contribution in [0.25, 0.3) is 0 Å². The molecule has 0 bridgehead atoms. The van der Waals surface area contributed by atoms with Crippen molar-refractivity contribution < 1.29 is 19.1 Å². The minimum Gasteiger partial charge on any atom is -0.453 e. The van der Waals surface area contributed by atoms with Gasteiger partial charge in [-0.3, -0.25) is 10.6 Å². The molecule has 0 saturated carbocycles. The van der Waals surface area contributed by atoms with Gasteiger partial charge in [0.1, 0.15) is 5.82 Å². The second-order valence-corrected chi connectivity index (χ2v) is 6.63. The first-order valence-electron chi connectivity index (χ1n) is 8.35. The summed E-state index contributed by atoms with van der Waals surface area (Å²) < 4.78 is 9.18. The van der Waals surface area contributed by atoms with Crippen LogP contribution in [-0.4, -0.2) is 36.4 Å². The molecule has 1 heterocycles. The second kappa shape index (κ2) is 10.1. The maximum atomic E-state index is 11.7. The first kappa shape index (κ1) is 21.7. The predicted molar refractivity (Wildman–Crippen MR) is 107 cm³/mol. The molecular formula is C18H20Cl2N4O4. The van der Waals surface area contributed by atoms with Gasteiger partial charge in [-0.15, -0.1) is 0 Å². The van der Waals surface area contributed by atoms with Crippen molar-refractivity contribution in [2.24, 2.45) is 0 Å². The molecule has 10 heteroatoms.